The largest absolute Gasteiger partial charge is 0.313 e. The van der Waals surface area contributed by atoms with Gasteiger partial charge in [0, 0.05) is 6.21 Å². The molecule has 1 aliphatic rings. The summed E-state index contributed by atoms with van der Waals surface area (Å²) in [6.45, 7) is 2.51. The second-order valence-corrected chi connectivity index (χ2v) is 7.26. The zero-order valence-corrected chi connectivity index (χ0v) is 12.4. The second-order valence-electron chi connectivity index (χ2n) is 4.11. The lowest BCUT2D eigenvalue weighted by Gasteiger charge is -2.21. The van der Waals surface area contributed by atoms with Gasteiger partial charge in [-0.05, 0) is 44.4 Å². The molecule has 17 heavy (non-hydrogen) atoms. The van der Waals surface area contributed by atoms with Crippen molar-refractivity contribution in [3.05, 3.63) is 0 Å². The molecule has 0 spiro atoms. The van der Waals surface area contributed by atoms with Crippen LogP contribution in [0.25, 0.3) is 0 Å². The van der Waals surface area contributed by atoms with Gasteiger partial charge >= 0.3 is 6.64 Å². The molecule has 6 heteroatoms. The van der Waals surface area contributed by atoms with Gasteiger partial charge in [-0.15, -0.1) is 0 Å². The Balaban J connectivity index is 2.39. The van der Waals surface area contributed by atoms with E-state index in [1.807, 2.05) is 20.1 Å². The molecule has 0 aromatic heterocycles. The van der Waals surface area contributed by atoms with Crippen LogP contribution in [0.4, 0.5) is 0 Å². The lowest BCUT2D eigenvalue weighted by molar-refractivity contribution is 0.259. The quantitative estimate of drug-likeness (QED) is 0.440. The van der Waals surface area contributed by atoms with E-state index in [0.717, 1.165) is 0 Å². The Morgan fingerprint density at radius 2 is 1.82 bits per heavy atom. The van der Waals surface area contributed by atoms with E-state index in [9.17, 15) is 0 Å². The molecule has 0 radical (unpaired) electrons. The normalized spacial score (nSPS) is 18.7. The number of hydrazone groups is 1. The molecule has 0 bridgehead atoms. The number of nitrogens with zero attached hydrogens (tertiary/aromatic N) is 1. The molecule has 100 valence electrons. The van der Waals surface area contributed by atoms with Crippen molar-refractivity contribution in [3.63, 3.8) is 0 Å². The van der Waals surface area contributed by atoms with Gasteiger partial charge in [0.25, 0.3) is 0 Å². The molecule has 0 heterocycles. The van der Waals surface area contributed by atoms with E-state index >= 15 is 0 Å². The molecule has 0 aromatic carbocycles. The SMILES string of the molecule is CCOP(=S)(N/N=C/C1CCCCC1)OCC. The van der Waals surface area contributed by atoms with Crippen LogP contribution >= 0.6 is 6.64 Å². The molecule has 1 saturated carbocycles. The van der Waals surface area contributed by atoms with Gasteiger partial charge in [-0.25, -0.2) is 5.20 Å². The average Bonchev–Trinajstić information content (AvgIpc) is 2.31. The van der Waals surface area contributed by atoms with Crippen molar-refractivity contribution in [2.45, 2.75) is 46.0 Å². The summed E-state index contributed by atoms with van der Waals surface area (Å²) in [7, 11) is 0. The van der Waals surface area contributed by atoms with Crippen LogP contribution in [-0.2, 0) is 20.9 Å². The molecule has 0 unspecified atom stereocenters. The van der Waals surface area contributed by atoms with E-state index in [1.54, 1.807) is 0 Å². The van der Waals surface area contributed by atoms with Crippen molar-refractivity contribution in [2.24, 2.45) is 11.0 Å². The summed E-state index contributed by atoms with van der Waals surface area (Å²) < 4.78 is 10.9. The minimum absolute atomic E-state index is 0.545. The maximum atomic E-state index is 5.44. The van der Waals surface area contributed by atoms with Gasteiger partial charge in [0.15, 0.2) is 0 Å². The highest BCUT2D eigenvalue weighted by Crippen LogP contribution is 2.43. The molecule has 1 fully saturated rings. The van der Waals surface area contributed by atoms with Crippen molar-refractivity contribution in [2.75, 3.05) is 13.2 Å². The number of rotatable bonds is 7. The van der Waals surface area contributed by atoms with Crippen molar-refractivity contribution in [1.29, 1.82) is 0 Å². The third kappa shape index (κ3) is 5.96. The van der Waals surface area contributed by atoms with Crippen LogP contribution in [0.1, 0.15) is 46.0 Å². The van der Waals surface area contributed by atoms with Crippen molar-refractivity contribution in [1.82, 2.24) is 5.20 Å². The number of hydrogen-bond donors (Lipinski definition) is 1. The van der Waals surface area contributed by atoms with Crippen LogP contribution < -0.4 is 5.20 Å². The maximum Gasteiger partial charge on any atom is 0.303 e. The van der Waals surface area contributed by atoms with Crippen LogP contribution in [0.15, 0.2) is 5.10 Å². The second kappa shape index (κ2) is 8.20. The Morgan fingerprint density at radius 3 is 2.35 bits per heavy atom. The molecule has 1 aliphatic carbocycles. The van der Waals surface area contributed by atoms with Gasteiger partial charge in [0.05, 0.1) is 13.2 Å². The first-order valence-corrected chi connectivity index (χ1v) is 9.03. The zero-order chi connectivity index (χ0) is 12.6. The van der Waals surface area contributed by atoms with Crippen LogP contribution in [0, 0.1) is 5.92 Å². The first-order chi connectivity index (χ1) is 8.20. The molecule has 1 N–H and O–H groups in total. The molecular weight excluding hydrogens is 255 g/mol. The van der Waals surface area contributed by atoms with E-state index in [1.165, 1.54) is 32.1 Å². The fraction of sp³-hybridized carbons (Fsp3) is 0.909. The Hall–Kier alpha value is 0.0400. The van der Waals surface area contributed by atoms with E-state index < -0.39 is 6.64 Å². The molecule has 0 atom stereocenters. The third-order valence-electron chi connectivity index (χ3n) is 2.71. The lowest BCUT2D eigenvalue weighted by Crippen LogP contribution is -2.12. The Kier molecular flexibility index (Phi) is 7.28. The molecule has 4 nitrogen and oxygen atoms in total. The Labute approximate surface area is 109 Å². The van der Waals surface area contributed by atoms with Gasteiger partial charge < -0.3 is 9.05 Å². The van der Waals surface area contributed by atoms with Gasteiger partial charge in [-0.3, -0.25) is 0 Å². The minimum Gasteiger partial charge on any atom is -0.313 e. The number of hydrogen-bond acceptors (Lipinski definition) is 4. The van der Waals surface area contributed by atoms with Crippen molar-refractivity contribution < 1.29 is 9.05 Å². The lowest BCUT2D eigenvalue weighted by atomic mass is 9.90. The standard InChI is InChI=1S/C11H23N2O2PS/c1-3-14-16(17,15-4-2)13-12-10-11-8-6-5-7-9-11/h10-11H,3-9H2,1-2H3,(H,13,17)/b12-10+. The molecular formula is C11H23N2O2PS. The first kappa shape index (κ1) is 15.1. The summed E-state index contributed by atoms with van der Waals surface area (Å²) in [5.41, 5.74) is 0. The van der Waals surface area contributed by atoms with E-state index in [2.05, 4.69) is 10.3 Å². The molecule has 0 aromatic rings. The maximum absolute atomic E-state index is 5.44. The van der Waals surface area contributed by atoms with E-state index in [-0.39, 0.29) is 0 Å². The van der Waals surface area contributed by atoms with E-state index in [4.69, 9.17) is 20.9 Å². The highest BCUT2D eigenvalue weighted by molar-refractivity contribution is 8.08. The highest BCUT2D eigenvalue weighted by atomic mass is 32.5. The van der Waals surface area contributed by atoms with E-state index in [0.29, 0.717) is 19.1 Å². The average molecular weight is 278 g/mol. The van der Waals surface area contributed by atoms with Crippen LogP contribution in [0.3, 0.4) is 0 Å². The topological polar surface area (TPSA) is 42.8 Å². The third-order valence-corrected chi connectivity index (χ3v) is 5.15. The van der Waals surface area contributed by atoms with Gasteiger partial charge in [0.2, 0.25) is 0 Å². The van der Waals surface area contributed by atoms with Crippen molar-refractivity contribution in [3.8, 4) is 0 Å². The fourth-order valence-electron chi connectivity index (χ4n) is 1.93. The summed E-state index contributed by atoms with van der Waals surface area (Å²) in [5.74, 6) is 0.586. The van der Waals surface area contributed by atoms with Crippen LogP contribution in [0.2, 0.25) is 0 Å². The van der Waals surface area contributed by atoms with Gasteiger partial charge in [-0.2, -0.15) is 5.10 Å². The monoisotopic (exact) mass is 278 g/mol. The predicted octanol–water partition coefficient (Wildman–Crippen LogP) is 3.44. The Morgan fingerprint density at radius 1 is 1.24 bits per heavy atom. The minimum atomic E-state index is -2.40. The highest BCUT2D eigenvalue weighted by Gasteiger charge is 2.17. The van der Waals surface area contributed by atoms with Crippen LogP contribution in [0.5, 0.6) is 0 Å². The summed E-state index contributed by atoms with van der Waals surface area (Å²) in [4.78, 5) is 0. The fourth-order valence-corrected chi connectivity index (χ4v) is 3.78. The zero-order valence-electron chi connectivity index (χ0n) is 10.7. The number of nitrogens with one attached hydrogen (secondary N) is 1. The van der Waals surface area contributed by atoms with Gasteiger partial charge in [0.1, 0.15) is 0 Å². The van der Waals surface area contributed by atoms with Gasteiger partial charge in [-0.1, -0.05) is 19.3 Å². The van der Waals surface area contributed by atoms with Crippen molar-refractivity contribution >= 4 is 24.7 Å². The molecule has 0 aliphatic heterocycles. The predicted molar refractivity (Wildman–Crippen MR) is 75.7 cm³/mol. The Bertz CT molecular complexity index is 271. The summed E-state index contributed by atoms with van der Waals surface area (Å²) in [5, 5.41) is 7.12. The summed E-state index contributed by atoms with van der Waals surface area (Å²) in [6.07, 6.45) is 8.41. The smallest absolute Gasteiger partial charge is 0.303 e. The van der Waals surface area contributed by atoms with Crippen LogP contribution in [-0.4, -0.2) is 19.4 Å². The first-order valence-electron chi connectivity index (χ1n) is 6.39. The molecule has 0 saturated heterocycles. The summed E-state index contributed by atoms with van der Waals surface area (Å²) >= 11 is 5.31. The molecule has 0 amide bonds. The summed E-state index contributed by atoms with van der Waals surface area (Å²) in [6, 6.07) is 0. The molecule has 1 rings (SSSR count).